The van der Waals surface area contributed by atoms with Gasteiger partial charge in [0, 0.05) is 0 Å². The van der Waals surface area contributed by atoms with Crippen LogP contribution in [0.25, 0.3) is 5.69 Å². The second kappa shape index (κ2) is 6.63. The lowest BCUT2D eigenvalue weighted by Gasteiger charge is -2.08. The van der Waals surface area contributed by atoms with Crippen LogP contribution in [0, 0.1) is 11.6 Å². The zero-order valence-electron chi connectivity index (χ0n) is 12.0. The molecule has 1 aromatic heterocycles. The number of carbonyl (C=O) groups excluding carboxylic acids is 1. The van der Waals surface area contributed by atoms with Crippen molar-refractivity contribution in [2.75, 3.05) is 5.43 Å². The van der Waals surface area contributed by atoms with Gasteiger partial charge in [-0.2, -0.15) is 0 Å². The lowest BCUT2D eigenvalue weighted by molar-refractivity contribution is 0.0957. The molecule has 122 valence electrons. The third kappa shape index (κ3) is 3.18. The summed E-state index contributed by atoms with van der Waals surface area (Å²) in [5.41, 5.74) is 4.83. The molecule has 1 amide bonds. The largest absolute Gasteiger partial charge is 0.295 e. The average molecular weight is 350 g/mol. The molecular weight excluding hydrogens is 340 g/mol. The van der Waals surface area contributed by atoms with Gasteiger partial charge in [0.05, 0.1) is 22.6 Å². The van der Waals surface area contributed by atoms with Gasteiger partial charge in [-0.1, -0.05) is 35.0 Å². The predicted octanol–water partition coefficient (Wildman–Crippen LogP) is 2.96. The molecule has 0 saturated heterocycles. The van der Waals surface area contributed by atoms with E-state index in [2.05, 4.69) is 21.2 Å². The van der Waals surface area contributed by atoms with Crippen LogP contribution in [0.4, 0.5) is 14.5 Å². The minimum absolute atomic E-state index is 0.0285. The van der Waals surface area contributed by atoms with E-state index in [9.17, 15) is 13.6 Å². The van der Waals surface area contributed by atoms with Crippen LogP contribution < -0.4 is 10.9 Å². The topological polar surface area (TPSA) is 71.8 Å². The van der Waals surface area contributed by atoms with Gasteiger partial charge < -0.3 is 0 Å². The zero-order chi connectivity index (χ0) is 17.1. The number of hydrogen-bond acceptors (Lipinski definition) is 4. The van der Waals surface area contributed by atoms with Crippen LogP contribution in [0.1, 0.15) is 10.5 Å². The molecule has 3 rings (SSSR count). The van der Waals surface area contributed by atoms with Gasteiger partial charge in [0.1, 0.15) is 0 Å². The summed E-state index contributed by atoms with van der Waals surface area (Å²) >= 11 is 6.04. The van der Waals surface area contributed by atoms with E-state index in [-0.39, 0.29) is 11.4 Å². The van der Waals surface area contributed by atoms with Crippen LogP contribution in [0.5, 0.6) is 0 Å². The highest BCUT2D eigenvalue weighted by molar-refractivity contribution is 6.32. The fourth-order valence-corrected chi connectivity index (χ4v) is 2.13. The molecule has 0 spiro atoms. The standard InChI is InChI=1S/C15H10ClF2N5O/c16-9-4-1-2-7-13(9)23-8-12(20-22-23)15(24)21-19-11-6-3-5-10(17)14(11)18/h1-8,19H,(H,21,24). The Labute approximate surface area is 140 Å². The highest BCUT2D eigenvalue weighted by atomic mass is 35.5. The number of halogens is 3. The summed E-state index contributed by atoms with van der Waals surface area (Å²) in [5.74, 6) is -2.80. The Bertz CT molecular complexity index is 899. The number of aromatic nitrogens is 3. The second-order valence-electron chi connectivity index (χ2n) is 4.68. The van der Waals surface area contributed by atoms with Crippen LogP contribution in [0.2, 0.25) is 5.02 Å². The van der Waals surface area contributed by atoms with Crippen LogP contribution in [-0.2, 0) is 0 Å². The van der Waals surface area contributed by atoms with Gasteiger partial charge >= 0.3 is 0 Å². The van der Waals surface area contributed by atoms with E-state index >= 15 is 0 Å². The third-order valence-electron chi connectivity index (χ3n) is 3.09. The number of hydrogen-bond donors (Lipinski definition) is 2. The van der Waals surface area contributed by atoms with Crippen molar-refractivity contribution in [1.82, 2.24) is 20.4 Å². The van der Waals surface area contributed by atoms with Crippen molar-refractivity contribution in [2.24, 2.45) is 0 Å². The smallest absolute Gasteiger partial charge is 0.291 e. The van der Waals surface area contributed by atoms with Gasteiger partial charge in [-0.15, -0.1) is 5.10 Å². The van der Waals surface area contributed by atoms with E-state index < -0.39 is 17.5 Å². The van der Waals surface area contributed by atoms with Gasteiger partial charge in [0.15, 0.2) is 17.3 Å². The first kappa shape index (κ1) is 15.9. The molecule has 0 radical (unpaired) electrons. The number of rotatable bonds is 4. The molecule has 9 heteroatoms. The van der Waals surface area contributed by atoms with Crippen molar-refractivity contribution in [2.45, 2.75) is 0 Å². The normalized spacial score (nSPS) is 10.5. The van der Waals surface area contributed by atoms with E-state index in [1.807, 2.05) is 0 Å². The zero-order valence-corrected chi connectivity index (χ0v) is 12.8. The van der Waals surface area contributed by atoms with E-state index in [1.165, 1.54) is 23.0 Å². The number of benzene rings is 2. The quantitative estimate of drug-likeness (QED) is 0.710. The van der Waals surface area contributed by atoms with Gasteiger partial charge in [-0.3, -0.25) is 15.6 Å². The Morgan fingerprint density at radius 1 is 1.12 bits per heavy atom. The molecule has 0 atom stereocenters. The fraction of sp³-hybridized carbons (Fsp3) is 0. The number of anilines is 1. The summed E-state index contributed by atoms with van der Waals surface area (Å²) < 4.78 is 27.9. The lowest BCUT2D eigenvalue weighted by Crippen LogP contribution is -2.30. The minimum atomic E-state index is -1.10. The van der Waals surface area contributed by atoms with Crippen molar-refractivity contribution in [3.63, 3.8) is 0 Å². The maximum Gasteiger partial charge on any atom is 0.291 e. The molecule has 24 heavy (non-hydrogen) atoms. The summed E-state index contributed by atoms with van der Waals surface area (Å²) in [4.78, 5) is 12.0. The van der Waals surface area contributed by atoms with Crippen LogP contribution in [0.15, 0.2) is 48.7 Å². The summed E-state index contributed by atoms with van der Waals surface area (Å²) in [6.07, 6.45) is 1.36. The van der Waals surface area contributed by atoms with Gasteiger partial charge in [0.25, 0.3) is 5.91 Å². The Morgan fingerprint density at radius 3 is 2.71 bits per heavy atom. The Hall–Kier alpha value is -3.00. The molecule has 0 unspecified atom stereocenters. The molecule has 2 aromatic carbocycles. The Balaban J connectivity index is 1.73. The molecule has 0 aliphatic carbocycles. The van der Waals surface area contributed by atoms with Crippen LogP contribution in [0.3, 0.4) is 0 Å². The SMILES string of the molecule is O=C(NNc1cccc(F)c1F)c1cn(-c2ccccc2Cl)nn1. The summed E-state index contributed by atoms with van der Waals surface area (Å²) in [7, 11) is 0. The molecule has 0 aliphatic rings. The molecule has 6 nitrogen and oxygen atoms in total. The molecule has 2 N–H and O–H groups in total. The Morgan fingerprint density at radius 2 is 1.92 bits per heavy atom. The molecule has 1 heterocycles. The van der Waals surface area contributed by atoms with Crippen molar-refractivity contribution in [3.8, 4) is 5.69 Å². The molecule has 0 fully saturated rings. The number of nitrogens with zero attached hydrogens (tertiary/aromatic N) is 3. The van der Waals surface area contributed by atoms with E-state index in [0.29, 0.717) is 10.7 Å². The highest BCUT2D eigenvalue weighted by Gasteiger charge is 2.14. The monoisotopic (exact) mass is 349 g/mol. The maximum absolute atomic E-state index is 13.5. The van der Waals surface area contributed by atoms with E-state index in [4.69, 9.17) is 11.6 Å². The fourth-order valence-electron chi connectivity index (χ4n) is 1.91. The van der Waals surface area contributed by atoms with Crippen molar-refractivity contribution in [3.05, 3.63) is 71.0 Å². The second-order valence-corrected chi connectivity index (χ2v) is 5.09. The van der Waals surface area contributed by atoms with Crippen LogP contribution >= 0.6 is 11.6 Å². The van der Waals surface area contributed by atoms with Crippen molar-refractivity contribution in [1.29, 1.82) is 0 Å². The number of para-hydroxylation sites is 1. The predicted molar refractivity (Wildman–Crippen MR) is 83.8 cm³/mol. The highest BCUT2D eigenvalue weighted by Crippen LogP contribution is 2.19. The van der Waals surface area contributed by atoms with Gasteiger partial charge in [-0.25, -0.2) is 13.5 Å². The maximum atomic E-state index is 13.5. The van der Waals surface area contributed by atoms with Crippen LogP contribution in [-0.4, -0.2) is 20.9 Å². The minimum Gasteiger partial charge on any atom is -0.295 e. The molecule has 0 saturated carbocycles. The number of nitrogens with one attached hydrogen (secondary N) is 2. The Kier molecular flexibility index (Phi) is 4.39. The number of hydrazine groups is 1. The first-order valence-corrected chi connectivity index (χ1v) is 7.11. The summed E-state index contributed by atoms with van der Waals surface area (Å²) in [6, 6.07) is 10.5. The lowest BCUT2D eigenvalue weighted by atomic mass is 10.3. The molecular formula is C15H10ClF2N5O. The summed E-state index contributed by atoms with van der Waals surface area (Å²) in [5, 5.41) is 7.97. The first-order chi connectivity index (χ1) is 11.6. The van der Waals surface area contributed by atoms with Crippen molar-refractivity contribution >= 4 is 23.2 Å². The van der Waals surface area contributed by atoms with Crippen molar-refractivity contribution < 1.29 is 13.6 Å². The summed E-state index contributed by atoms with van der Waals surface area (Å²) in [6.45, 7) is 0. The first-order valence-electron chi connectivity index (χ1n) is 6.74. The number of carbonyl (C=O) groups is 1. The molecule has 0 bridgehead atoms. The third-order valence-corrected chi connectivity index (χ3v) is 3.41. The van der Waals surface area contributed by atoms with E-state index in [0.717, 1.165) is 6.07 Å². The average Bonchev–Trinajstić information content (AvgIpc) is 3.06. The van der Waals surface area contributed by atoms with E-state index in [1.54, 1.807) is 24.3 Å². The molecule has 0 aliphatic heterocycles. The van der Waals surface area contributed by atoms with Gasteiger partial charge in [-0.05, 0) is 24.3 Å². The number of amides is 1. The molecule has 3 aromatic rings. The van der Waals surface area contributed by atoms with Gasteiger partial charge in [0.2, 0.25) is 0 Å².